The molecule has 0 unspecified atom stereocenters. The van der Waals surface area contributed by atoms with E-state index in [0.29, 0.717) is 5.92 Å². The number of carbonyl (C=O) groups excluding carboxylic acids is 1. The second-order valence-electron chi connectivity index (χ2n) is 3.15. The number of nitrogens with zero attached hydrogens (tertiary/aromatic N) is 1. The molecule has 0 bridgehead atoms. The molecule has 1 atom stereocenters. The van der Waals surface area contributed by atoms with Crippen LogP contribution in [0.4, 0.5) is 0 Å². The molecule has 1 aliphatic rings. The van der Waals surface area contributed by atoms with Crippen molar-refractivity contribution >= 4 is 6.29 Å². The third-order valence-corrected chi connectivity index (χ3v) is 2.10. The topological polar surface area (TPSA) is 20.3 Å². The zero-order valence-corrected chi connectivity index (χ0v) is 6.55. The van der Waals surface area contributed by atoms with Gasteiger partial charge in [-0.1, -0.05) is 6.42 Å². The molecule has 0 N–H and O–H groups in total. The number of carbonyl (C=O) groups is 1. The van der Waals surface area contributed by atoms with E-state index < -0.39 is 0 Å². The van der Waals surface area contributed by atoms with Crippen LogP contribution < -0.4 is 0 Å². The van der Waals surface area contributed by atoms with Crippen LogP contribution >= 0.6 is 0 Å². The van der Waals surface area contributed by atoms with Crippen molar-refractivity contribution in [3.05, 3.63) is 0 Å². The van der Waals surface area contributed by atoms with Gasteiger partial charge in [0.25, 0.3) is 0 Å². The Kier molecular flexibility index (Phi) is 2.87. The minimum atomic E-state index is 0.299. The van der Waals surface area contributed by atoms with Crippen molar-refractivity contribution in [3.63, 3.8) is 0 Å². The van der Waals surface area contributed by atoms with Crippen molar-refractivity contribution in [1.29, 1.82) is 0 Å². The molecule has 0 aromatic heterocycles. The molecule has 10 heavy (non-hydrogen) atoms. The van der Waals surface area contributed by atoms with Gasteiger partial charge in [-0.15, -0.1) is 0 Å². The Labute approximate surface area is 62.2 Å². The molecule has 2 nitrogen and oxygen atoms in total. The summed E-state index contributed by atoms with van der Waals surface area (Å²) in [6, 6.07) is 0. The number of likely N-dealkylation sites (tertiary alicyclic amines) is 1. The molecule has 1 rings (SSSR count). The fraction of sp³-hybridized carbons (Fsp3) is 0.875. The molecule has 0 aliphatic carbocycles. The average molecular weight is 141 g/mol. The lowest BCUT2D eigenvalue weighted by Crippen LogP contribution is -2.24. The molecule has 0 amide bonds. The molecule has 0 saturated carbocycles. The molecule has 0 aromatic carbocycles. The summed E-state index contributed by atoms with van der Waals surface area (Å²) in [6.07, 6.45) is 4.66. The van der Waals surface area contributed by atoms with Crippen LogP contribution in [0.5, 0.6) is 0 Å². The van der Waals surface area contributed by atoms with Gasteiger partial charge in [-0.25, -0.2) is 0 Å². The second kappa shape index (κ2) is 3.71. The van der Waals surface area contributed by atoms with Crippen LogP contribution in [0.25, 0.3) is 0 Å². The van der Waals surface area contributed by atoms with Crippen molar-refractivity contribution in [2.75, 3.05) is 20.1 Å². The smallest absolute Gasteiger partial charge is 0.124 e. The van der Waals surface area contributed by atoms with E-state index in [9.17, 15) is 4.79 Å². The molecule has 58 valence electrons. The summed E-state index contributed by atoms with van der Waals surface area (Å²) in [4.78, 5) is 12.7. The van der Waals surface area contributed by atoms with Gasteiger partial charge in [-0.05, 0) is 26.4 Å². The number of aldehydes is 1. The Bertz CT molecular complexity index is 114. The first-order valence-electron chi connectivity index (χ1n) is 3.97. The normalized spacial score (nSPS) is 29.5. The van der Waals surface area contributed by atoms with E-state index >= 15 is 0 Å². The van der Waals surface area contributed by atoms with Crippen molar-refractivity contribution in [2.45, 2.75) is 19.3 Å². The van der Waals surface area contributed by atoms with Gasteiger partial charge in [0.05, 0.1) is 0 Å². The average Bonchev–Trinajstić information content (AvgIpc) is 2.13. The highest BCUT2D eigenvalue weighted by Gasteiger charge is 2.13. The van der Waals surface area contributed by atoms with E-state index in [0.717, 1.165) is 25.8 Å². The Morgan fingerprint density at radius 1 is 1.50 bits per heavy atom. The van der Waals surface area contributed by atoms with Crippen LogP contribution in [0.2, 0.25) is 0 Å². The summed E-state index contributed by atoms with van der Waals surface area (Å²) in [5.74, 6) is 0.299. The fourth-order valence-electron chi connectivity index (χ4n) is 1.48. The van der Waals surface area contributed by atoms with E-state index in [1.54, 1.807) is 0 Å². The molecule has 1 aliphatic heterocycles. The van der Waals surface area contributed by atoms with E-state index in [-0.39, 0.29) is 0 Å². The van der Waals surface area contributed by atoms with Crippen LogP contribution in [0.15, 0.2) is 0 Å². The Hall–Kier alpha value is -0.370. The van der Waals surface area contributed by atoms with Gasteiger partial charge in [-0.2, -0.15) is 0 Å². The molecule has 2 heteroatoms. The van der Waals surface area contributed by atoms with Gasteiger partial charge in [0.15, 0.2) is 0 Å². The van der Waals surface area contributed by atoms with Gasteiger partial charge in [-0.3, -0.25) is 0 Å². The highest BCUT2D eigenvalue weighted by atomic mass is 16.1. The maximum Gasteiger partial charge on any atom is 0.124 e. The Morgan fingerprint density at radius 3 is 3.00 bits per heavy atom. The lowest BCUT2D eigenvalue weighted by atomic mass is 10.1. The quantitative estimate of drug-likeness (QED) is 0.506. The van der Waals surface area contributed by atoms with Crippen LogP contribution in [0.3, 0.4) is 0 Å². The lowest BCUT2D eigenvalue weighted by Gasteiger charge is -2.14. The van der Waals surface area contributed by atoms with Crippen LogP contribution in [0.1, 0.15) is 19.3 Å². The number of hydrogen-bond donors (Lipinski definition) is 0. The largest absolute Gasteiger partial charge is 0.306 e. The molecular weight excluding hydrogens is 126 g/mol. The predicted molar refractivity (Wildman–Crippen MR) is 40.9 cm³/mol. The molecular formula is C8H15NO. The summed E-state index contributed by atoms with van der Waals surface area (Å²) >= 11 is 0. The van der Waals surface area contributed by atoms with Crippen LogP contribution in [-0.4, -0.2) is 31.3 Å². The zero-order valence-electron chi connectivity index (χ0n) is 6.55. The molecule has 1 saturated heterocycles. The van der Waals surface area contributed by atoms with E-state index in [2.05, 4.69) is 11.9 Å². The maximum atomic E-state index is 10.4. The van der Waals surface area contributed by atoms with Crippen LogP contribution in [0, 0.1) is 5.92 Å². The Morgan fingerprint density at radius 2 is 2.30 bits per heavy atom. The van der Waals surface area contributed by atoms with Gasteiger partial charge in [0, 0.05) is 12.5 Å². The van der Waals surface area contributed by atoms with E-state index in [1.807, 2.05) is 0 Å². The first-order chi connectivity index (χ1) is 4.83. The number of rotatable bonds is 1. The molecule has 1 fully saturated rings. The predicted octanol–water partition coefficient (Wildman–Crippen LogP) is 0.917. The summed E-state index contributed by atoms with van der Waals surface area (Å²) in [7, 11) is 2.09. The van der Waals surface area contributed by atoms with Gasteiger partial charge in [0.2, 0.25) is 0 Å². The zero-order chi connectivity index (χ0) is 7.40. The third-order valence-electron chi connectivity index (χ3n) is 2.10. The minimum absolute atomic E-state index is 0.299. The van der Waals surface area contributed by atoms with Crippen molar-refractivity contribution < 1.29 is 4.79 Å². The van der Waals surface area contributed by atoms with E-state index in [4.69, 9.17) is 0 Å². The second-order valence-corrected chi connectivity index (χ2v) is 3.15. The SMILES string of the molecule is CN1CCCC[C@H](C=O)C1. The monoisotopic (exact) mass is 141 g/mol. The summed E-state index contributed by atoms with van der Waals surface area (Å²) < 4.78 is 0. The standard InChI is InChI=1S/C8H15NO/c1-9-5-3-2-4-8(6-9)7-10/h7-8H,2-6H2,1H3/t8-/m0/s1. The van der Waals surface area contributed by atoms with Gasteiger partial charge >= 0.3 is 0 Å². The fourth-order valence-corrected chi connectivity index (χ4v) is 1.48. The first-order valence-corrected chi connectivity index (χ1v) is 3.97. The van der Waals surface area contributed by atoms with Crippen molar-refractivity contribution in [1.82, 2.24) is 4.90 Å². The van der Waals surface area contributed by atoms with E-state index in [1.165, 1.54) is 12.8 Å². The summed E-state index contributed by atoms with van der Waals surface area (Å²) in [5, 5.41) is 0. The summed E-state index contributed by atoms with van der Waals surface area (Å²) in [5.41, 5.74) is 0. The van der Waals surface area contributed by atoms with Crippen molar-refractivity contribution in [2.24, 2.45) is 5.92 Å². The minimum Gasteiger partial charge on any atom is -0.306 e. The van der Waals surface area contributed by atoms with Crippen molar-refractivity contribution in [3.8, 4) is 0 Å². The maximum absolute atomic E-state index is 10.4. The molecule has 0 spiro atoms. The Balaban J connectivity index is 2.37. The first kappa shape index (κ1) is 7.73. The van der Waals surface area contributed by atoms with Crippen LogP contribution in [-0.2, 0) is 4.79 Å². The van der Waals surface area contributed by atoms with Gasteiger partial charge in [0.1, 0.15) is 6.29 Å². The highest BCUT2D eigenvalue weighted by Crippen LogP contribution is 2.12. The number of hydrogen-bond acceptors (Lipinski definition) is 2. The molecule has 0 aromatic rings. The third kappa shape index (κ3) is 2.10. The summed E-state index contributed by atoms with van der Waals surface area (Å²) in [6.45, 7) is 2.12. The molecule has 0 radical (unpaired) electrons. The molecule has 1 heterocycles. The lowest BCUT2D eigenvalue weighted by molar-refractivity contribution is -0.111. The highest BCUT2D eigenvalue weighted by molar-refractivity contribution is 5.53. The van der Waals surface area contributed by atoms with Gasteiger partial charge < -0.3 is 9.69 Å².